The Kier molecular flexibility index (Phi) is 5.16. The summed E-state index contributed by atoms with van der Waals surface area (Å²) in [6, 6.07) is 20.9. The number of H-pyrrole nitrogens is 1. The Balaban J connectivity index is 1.44. The second-order valence-corrected chi connectivity index (χ2v) is 6.31. The molecule has 0 fully saturated rings. The zero-order valence-electron chi connectivity index (χ0n) is 15.6. The lowest BCUT2D eigenvalue weighted by molar-refractivity contribution is -0.384. The Morgan fingerprint density at radius 3 is 2.60 bits per heavy atom. The van der Waals surface area contributed by atoms with Crippen molar-refractivity contribution in [2.75, 3.05) is 0 Å². The van der Waals surface area contributed by atoms with Crippen molar-refractivity contribution in [3.63, 3.8) is 0 Å². The lowest BCUT2D eigenvalue weighted by Gasteiger charge is -2.05. The van der Waals surface area contributed by atoms with Crippen LogP contribution < -0.4 is 5.43 Å². The number of nitrogens with zero attached hydrogens (tertiary/aromatic N) is 4. The van der Waals surface area contributed by atoms with Crippen LogP contribution in [0.4, 0.5) is 5.69 Å². The fourth-order valence-corrected chi connectivity index (χ4v) is 2.88. The maximum absolute atomic E-state index is 12.3. The second-order valence-electron chi connectivity index (χ2n) is 6.31. The highest BCUT2D eigenvalue weighted by Gasteiger charge is 2.10. The van der Waals surface area contributed by atoms with Crippen LogP contribution in [0.15, 0.2) is 84.1 Å². The Morgan fingerprint density at radius 2 is 1.87 bits per heavy atom. The minimum Gasteiger partial charge on any atom is -0.316 e. The minimum atomic E-state index is -0.448. The average Bonchev–Trinajstić information content (AvgIpc) is 3.44. The van der Waals surface area contributed by atoms with Crippen molar-refractivity contribution in [2.24, 2.45) is 5.10 Å². The Bertz CT molecular complexity index is 1210. The summed E-state index contributed by atoms with van der Waals surface area (Å²) in [5.41, 5.74) is 5.76. The Morgan fingerprint density at radius 1 is 1.10 bits per heavy atom. The molecule has 0 aliphatic rings. The van der Waals surface area contributed by atoms with Crippen molar-refractivity contribution in [2.45, 2.75) is 0 Å². The molecule has 0 saturated carbocycles. The van der Waals surface area contributed by atoms with E-state index in [1.807, 2.05) is 36.4 Å². The summed E-state index contributed by atoms with van der Waals surface area (Å²) in [5.74, 6) is -0.422. The number of non-ortho nitro benzene ring substituents is 1. The molecule has 0 radical (unpaired) electrons. The summed E-state index contributed by atoms with van der Waals surface area (Å²) >= 11 is 0. The Labute approximate surface area is 170 Å². The third-order valence-corrected chi connectivity index (χ3v) is 4.37. The topological polar surface area (TPSA) is 118 Å². The van der Waals surface area contributed by atoms with Crippen LogP contribution >= 0.6 is 0 Å². The number of nitrogens with one attached hydrogen (secondary N) is 2. The number of amides is 1. The molecule has 148 valence electrons. The van der Waals surface area contributed by atoms with Crippen molar-refractivity contribution in [1.29, 1.82) is 0 Å². The number of nitro benzene ring substituents is 1. The van der Waals surface area contributed by atoms with E-state index in [1.165, 1.54) is 18.3 Å². The number of carbonyl (C=O) groups is 1. The highest BCUT2D eigenvalue weighted by molar-refractivity contribution is 5.94. The molecule has 2 aromatic heterocycles. The smallest absolute Gasteiger partial charge is 0.289 e. The third-order valence-electron chi connectivity index (χ3n) is 4.37. The van der Waals surface area contributed by atoms with Crippen molar-refractivity contribution >= 4 is 17.8 Å². The van der Waals surface area contributed by atoms with Gasteiger partial charge >= 0.3 is 0 Å². The van der Waals surface area contributed by atoms with Crippen molar-refractivity contribution in [1.82, 2.24) is 20.2 Å². The van der Waals surface area contributed by atoms with Crippen molar-refractivity contribution in [3.05, 3.63) is 100 Å². The fourth-order valence-electron chi connectivity index (χ4n) is 2.88. The molecular formula is C21H16N6O3. The molecule has 2 N–H and O–H groups in total. The van der Waals surface area contributed by atoms with Crippen LogP contribution in [0.2, 0.25) is 0 Å². The largest absolute Gasteiger partial charge is 0.316 e. The van der Waals surface area contributed by atoms with Gasteiger partial charge in [0.1, 0.15) is 5.69 Å². The molecule has 9 nitrogen and oxygen atoms in total. The Hall–Kier alpha value is -4.53. The van der Waals surface area contributed by atoms with Crippen LogP contribution in [0.3, 0.4) is 0 Å². The van der Waals surface area contributed by atoms with Gasteiger partial charge in [0.25, 0.3) is 11.6 Å². The zero-order chi connectivity index (χ0) is 20.9. The highest BCUT2D eigenvalue weighted by atomic mass is 16.6. The quantitative estimate of drug-likeness (QED) is 0.292. The molecule has 0 saturated heterocycles. The van der Waals surface area contributed by atoms with E-state index < -0.39 is 10.8 Å². The van der Waals surface area contributed by atoms with Crippen LogP contribution in [0, 0.1) is 10.1 Å². The lowest BCUT2D eigenvalue weighted by atomic mass is 10.1. The summed E-state index contributed by atoms with van der Waals surface area (Å²) in [6.07, 6.45) is 3.29. The number of benzene rings is 2. The van der Waals surface area contributed by atoms with E-state index in [2.05, 4.69) is 20.7 Å². The van der Waals surface area contributed by atoms with E-state index in [1.54, 1.807) is 35.0 Å². The van der Waals surface area contributed by atoms with Gasteiger partial charge in [-0.25, -0.2) is 5.43 Å². The molecule has 1 amide bonds. The second kappa shape index (κ2) is 8.23. The minimum absolute atomic E-state index is 0.0165. The molecule has 9 heteroatoms. The monoisotopic (exact) mass is 400 g/mol. The molecule has 0 aliphatic heterocycles. The summed E-state index contributed by atoms with van der Waals surface area (Å²) < 4.78 is 1.79. The summed E-state index contributed by atoms with van der Waals surface area (Å²) in [6.45, 7) is 0. The molecule has 0 unspecified atom stereocenters. The number of hydrogen-bond acceptors (Lipinski definition) is 5. The number of carbonyl (C=O) groups excluding carboxylic acids is 1. The van der Waals surface area contributed by atoms with E-state index in [0.717, 1.165) is 11.3 Å². The number of aromatic amines is 1. The van der Waals surface area contributed by atoms with Gasteiger partial charge in [0.05, 0.1) is 22.5 Å². The first-order chi connectivity index (χ1) is 14.6. The van der Waals surface area contributed by atoms with E-state index in [9.17, 15) is 14.9 Å². The van der Waals surface area contributed by atoms with E-state index in [-0.39, 0.29) is 11.4 Å². The first-order valence-electron chi connectivity index (χ1n) is 8.98. The molecule has 30 heavy (non-hydrogen) atoms. The molecular weight excluding hydrogens is 384 g/mol. The number of nitro groups is 1. The van der Waals surface area contributed by atoms with Gasteiger partial charge in [-0.15, -0.1) is 0 Å². The van der Waals surface area contributed by atoms with Gasteiger partial charge in [-0.05, 0) is 30.3 Å². The number of rotatable bonds is 6. The summed E-state index contributed by atoms with van der Waals surface area (Å²) in [4.78, 5) is 22.7. The zero-order valence-corrected chi connectivity index (χ0v) is 15.6. The molecule has 4 aromatic rings. The van der Waals surface area contributed by atoms with Crippen molar-refractivity contribution in [3.8, 4) is 16.9 Å². The van der Waals surface area contributed by atoms with Gasteiger partial charge in [-0.1, -0.05) is 30.3 Å². The van der Waals surface area contributed by atoms with Gasteiger partial charge in [0, 0.05) is 29.6 Å². The average molecular weight is 400 g/mol. The predicted octanol–water partition coefficient (Wildman–Crippen LogP) is 3.54. The first kappa shape index (κ1) is 18.8. The number of aromatic nitrogens is 3. The van der Waals surface area contributed by atoms with Crippen molar-refractivity contribution < 1.29 is 9.72 Å². The van der Waals surface area contributed by atoms with Crippen LogP contribution in [-0.4, -0.2) is 31.8 Å². The first-order valence-corrected chi connectivity index (χ1v) is 8.98. The number of hydrazone groups is 1. The summed E-state index contributed by atoms with van der Waals surface area (Å²) in [7, 11) is 0. The normalized spacial score (nSPS) is 10.9. The lowest BCUT2D eigenvalue weighted by Crippen LogP contribution is -2.18. The van der Waals surface area contributed by atoms with Crippen LogP contribution in [-0.2, 0) is 0 Å². The highest BCUT2D eigenvalue weighted by Crippen LogP contribution is 2.18. The van der Waals surface area contributed by atoms with Gasteiger partial charge in [-0.3, -0.25) is 20.0 Å². The molecule has 0 aliphatic carbocycles. The molecule has 0 bridgehead atoms. The molecule has 4 rings (SSSR count). The standard InChI is InChI=1S/C21H16N6O3/c28-21(20-13-19(23-24-20)15-5-2-1-3-6-15)25-22-14-18-7-4-12-26(18)16-8-10-17(11-9-16)27(29)30/h1-14H,(H,23,24)(H,25,28)/b22-14+. The molecule has 2 heterocycles. The number of hydrogen-bond donors (Lipinski definition) is 2. The molecule has 2 aromatic carbocycles. The van der Waals surface area contributed by atoms with Gasteiger partial charge < -0.3 is 4.57 Å². The van der Waals surface area contributed by atoms with E-state index in [4.69, 9.17) is 0 Å². The maximum Gasteiger partial charge on any atom is 0.289 e. The fraction of sp³-hybridized carbons (Fsp3) is 0. The van der Waals surface area contributed by atoms with Gasteiger partial charge in [0.2, 0.25) is 0 Å². The summed E-state index contributed by atoms with van der Waals surface area (Å²) in [5, 5.41) is 21.7. The third kappa shape index (κ3) is 3.99. The van der Waals surface area contributed by atoms with E-state index >= 15 is 0 Å². The predicted molar refractivity (Wildman–Crippen MR) is 112 cm³/mol. The maximum atomic E-state index is 12.3. The van der Waals surface area contributed by atoms with Gasteiger partial charge in [0.15, 0.2) is 0 Å². The molecule has 0 spiro atoms. The molecule has 0 atom stereocenters. The van der Waals surface area contributed by atoms with E-state index in [0.29, 0.717) is 11.4 Å². The van der Waals surface area contributed by atoms with Gasteiger partial charge in [-0.2, -0.15) is 10.2 Å². The van der Waals surface area contributed by atoms with Crippen LogP contribution in [0.25, 0.3) is 16.9 Å². The SMILES string of the molecule is O=C(N/N=C/c1cccn1-c1ccc([N+](=O)[O-])cc1)c1cc(-c2ccccc2)n[nH]1. The van der Waals surface area contributed by atoms with Crippen LogP contribution in [0.1, 0.15) is 16.2 Å². The van der Waals surface area contributed by atoms with Crippen LogP contribution in [0.5, 0.6) is 0 Å².